The van der Waals surface area contributed by atoms with Crippen molar-refractivity contribution in [2.24, 2.45) is 0 Å². The quantitative estimate of drug-likeness (QED) is 0.313. The normalized spacial score (nSPS) is 10.6. The molecular formula is C17H25BrO. The number of ketones is 1. The fourth-order valence-corrected chi connectivity index (χ4v) is 2.57. The molecular weight excluding hydrogens is 300 g/mol. The minimum atomic E-state index is 0.321. The Morgan fingerprint density at radius 3 is 2.53 bits per heavy atom. The van der Waals surface area contributed by atoms with Gasteiger partial charge < -0.3 is 0 Å². The Balaban J connectivity index is 2.46. The Hall–Kier alpha value is -0.630. The summed E-state index contributed by atoms with van der Waals surface area (Å²) in [5.41, 5.74) is 2.15. The molecule has 0 heterocycles. The van der Waals surface area contributed by atoms with Crippen molar-refractivity contribution in [2.75, 3.05) is 5.33 Å². The van der Waals surface area contributed by atoms with E-state index in [4.69, 9.17) is 0 Å². The molecule has 0 radical (unpaired) electrons. The molecule has 0 spiro atoms. The van der Waals surface area contributed by atoms with Crippen molar-refractivity contribution in [2.45, 2.75) is 58.3 Å². The predicted molar refractivity (Wildman–Crippen MR) is 86.3 cm³/mol. The van der Waals surface area contributed by atoms with E-state index in [-0.39, 0.29) is 0 Å². The van der Waals surface area contributed by atoms with E-state index in [0.29, 0.717) is 12.2 Å². The highest BCUT2D eigenvalue weighted by atomic mass is 79.9. The Kier molecular flexibility index (Phi) is 8.81. The van der Waals surface area contributed by atoms with Crippen molar-refractivity contribution in [1.82, 2.24) is 0 Å². The summed E-state index contributed by atoms with van der Waals surface area (Å²) in [7, 11) is 0. The van der Waals surface area contributed by atoms with Gasteiger partial charge in [-0.15, -0.1) is 0 Å². The monoisotopic (exact) mass is 324 g/mol. The summed E-state index contributed by atoms with van der Waals surface area (Å²) in [6.07, 6.45) is 8.79. The van der Waals surface area contributed by atoms with E-state index in [1.807, 2.05) is 18.2 Å². The number of carbonyl (C=O) groups excluding carboxylic acids is 1. The van der Waals surface area contributed by atoms with Gasteiger partial charge in [0.25, 0.3) is 0 Å². The molecule has 0 bridgehead atoms. The molecule has 106 valence electrons. The number of unbranched alkanes of at least 4 members (excludes halogenated alkanes) is 4. The summed E-state index contributed by atoms with van der Waals surface area (Å²) in [4.78, 5) is 12.2. The highest BCUT2D eigenvalue weighted by Crippen LogP contribution is 2.16. The average Bonchev–Trinajstić information content (AvgIpc) is 2.45. The third-order valence-electron chi connectivity index (χ3n) is 3.40. The van der Waals surface area contributed by atoms with Crippen molar-refractivity contribution >= 4 is 21.7 Å². The highest BCUT2D eigenvalue weighted by molar-refractivity contribution is 9.09. The van der Waals surface area contributed by atoms with Crippen LogP contribution in [-0.4, -0.2) is 11.1 Å². The minimum Gasteiger partial charge on any atom is -0.294 e. The predicted octanol–water partition coefficient (Wildman–Crippen LogP) is 5.56. The van der Waals surface area contributed by atoms with Gasteiger partial charge in [-0.05, 0) is 24.8 Å². The first-order valence-electron chi connectivity index (χ1n) is 7.46. The maximum Gasteiger partial charge on any atom is 0.163 e. The maximum absolute atomic E-state index is 12.2. The van der Waals surface area contributed by atoms with Crippen LogP contribution in [0.15, 0.2) is 24.3 Å². The molecule has 1 aromatic rings. The first-order chi connectivity index (χ1) is 9.29. The molecule has 0 aliphatic carbocycles. The molecule has 1 rings (SSSR count). The SMILES string of the molecule is CCCCCCCC(=O)c1ccccc1CCCBr. The molecule has 0 aliphatic rings. The summed E-state index contributed by atoms with van der Waals surface area (Å²) in [5.74, 6) is 0.321. The molecule has 0 saturated heterocycles. The van der Waals surface area contributed by atoms with E-state index in [2.05, 4.69) is 28.9 Å². The van der Waals surface area contributed by atoms with Crippen molar-refractivity contribution < 1.29 is 4.79 Å². The Morgan fingerprint density at radius 1 is 1.05 bits per heavy atom. The molecule has 0 unspecified atom stereocenters. The minimum absolute atomic E-state index is 0.321. The molecule has 2 heteroatoms. The van der Waals surface area contributed by atoms with Gasteiger partial charge in [-0.25, -0.2) is 0 Å². The molecule has 0 fully saturated rings. The number of alkyl halides is 1. The fraction of sp³-hybridized carbons (Fsp3) is 0.588. The van der Waals surface area contributed by atoms with Gasteiger partial charge in [-0.1, -0.05) is 72.8 Å². The smallest absolute Gasteiger partial charge is 0.163 e. The summed E-state index contributed by atoms with van der Waals surface area (Å²) in [6, 6.07) is 8.08. The van der Waals surface area contributed by atoms with Gasteiger partial charge in [-0.2, -0.15) is 0 Å². The van der Waals surface area contributed by atoms with Crippen molar-refractivity contribution in [3.8, 4) is 0 Å². The summed E-state index contributed by atoms with van der Waals surface area (Å²) in [6.45, 7) is 2.21. The lowest BCUT2D eigenvalue weighted by atomic mass is 9.97. The average molecular weight is 325 g/mol. The number of benzene rings is 1. The molecule has 0 aromatic heterocycles. The van der Waals surface area contributed by atoms with Crippen LogP contribution in [0.2, 0.25) is 0 Å². The van der Waals surface area contributed by atoms with Gasteiger partial charge in [0, 0.05) is 17.3 Å². The first kappa shape index (κ1) is 16.4. The molecule has 1 aromatic carbocycles. The van der Waals surface area contributed by atoms with Crippen molar-refractivity contribution in [3.63, 3.8) is 0 Å². The van der Waals surface area contributed by atoms with E-state index in [1.54, 1.807) is 0 Å². The Bertz CT molecular complexity index is 373. The van der Waals surface area contributed by atoms with E-state index in [1.165, 1.54) is 31.2 Å². The molecule has 1 nitrogen and oxygen atoms in total. The first-order valence-corrected chi connectivity index (χ1v) is 8.58. The van der Waals surface area contributed by atoms with Gasteiger partial charge in [-0.3, -0.25) is 4.79 Å². The van der Waals surface area contributed by atoms with E-state index in [0.717, 1.165) is 30.2 Å². The zero-order chi connectivity index (χ0) is 13.9. The fourth-order valence-electron chi connectivity index (χ4n) is 2.29. The second-order valence-electron chi connectivity index (χ2n) is 5.04. The molecule has 0 amide bonds. The van der Waals surface area contributed by atoms with Gasteiger partial charge in [0.1, 0.15) is 0 Å². The maximum atomic E-state index is 12.2. The third kappa shape index (κ3) is 6.38. The summed E-state index contributed by atoms with van der Waals surface area (Å²) in [5, 5.41) is 0.993. The van der Waals surface area contributed by atoms with Crippen LogP contribution in [0.25, 0.3) is 0 Å². The number of Topliss-reactive ketones (excluding diaryl/α,β-unsaturated/α-hetero) is 1. The Morgan fingerprint density at radius 2 is 1.79 bits per heavy atom. The molecule has 19 heavy (non-hydrogen) atoms. The zero-order valence-electron chi connectivity index (χ0n) is 12.0. The highest BCUT2D eigenvalue weighted by Gasteiger charge is 2.10. The third-order valence-corrected chi connectivity index (χ3v) is 3.97. The van der Waals surface area contributed by atoms with Crippen molar-refractivity contribution in [1.29, 1.82) is 0 Å². The largest absolute Gasteiger partial charge is 0.294 e. The number of halogens is 1. The van der Waals surface area contributed by atoms with E-state index in [9.17, 15) is 4.79 Å². The second kappa shape index (κ2) is 10.2. The summed E-state index contributed by atoms with van der Waals surface area (Å²) < 4.78 is 0. The second-order valence-corrected chi connectivity index (χ2v) is 5.83. The number of hydrogen-bond donors (Lipinski definition) is 0. The molecule has 0 atom stereocenters. The van der Waals surface area contributed by atoms with Crippen LogP contribution in [0.4, 0.5) is 0 Å². The number of carbonyl (C=O) groups is 1. The van der Waals surface area contributed by atoms with Crippen molar-refractivity contribution in [3.05, 3.63) is 35.4 Å². The lowest BCUT2D eigenvalue weighted by Gasteiger charge is -2.08. The van der Waals surface area contributed by atoms with Crippen LogP contribution in [0.3, 0.4) is 0 Å². The lowest BCUT2D eigenvalue weighted by molar-refractivity contribution is 0.0978. The van der Waals surface area contributed by atoms with Crippen LogP contribution in [0, 0.1) is 0 Å². The van der Waals surface area contributed by atoms with Crippen LogP contribution < -0.4 is 0 Å². The van der Waals surface area contributed by atoms with Gasteiger partial charge in [0.15, 0.2) is 5.78 Å². The van der Waals surface area contributed by atoms with Crippen LogP contribution >= 0.6 is 15.9 Å². The van der Waals surface area contributed by atoms with E-state index < -0.39 is 0 Å². The van der Waals surface area contributed by atoms with Crippen LogP contribution in [0.5, 0.6) is 0 Å². The lowest BCUT2D eigenvalue weighted by Crippen LogP contribution is -2.04. The standard InChI is InChI=1S/C17H25BrO/c1-2-3-4-5-6-13-17(19)16-12-8-7-10-15(16)11-9-14-18/h7-8,10,12H,2-6,9,11,13-14H2,1H3. The van der Waals surface area contributed by atoms with Gasteiger partial charge in [0.05, 0.1) is 0 Å². The van der Waals surface area contributed by atoms with E-state index >= 15 is 0 Å². The molecule has 0 N–H and O–H groups in total. The van der Waals surface area contributed by atoms with Crippen LogP contribution in [-0.2, 0) is 6.42 Å². The zero-order valence-corrected chi connectivity index (χ0v) is 13.5. The topological polar surface area (TPSA) is 17.1 Å². The molecule has 0 aliphatic heterocycles. The van der Waals surface area contributed by atoms with Gasteiger partial charge >= 0.3 is 0 Å². The van der Waals surface area contributed by atoms with Crippen LogP contribution in [0.1, 0.15) is 67.8 Å². The number of rotatable bonds is 10. The number of hydrogen-bond acceptors (Lipinski definition) is 1. The molecule has 0 saturated carbocycles. The number of aryl methyl sites for hydroxylation is 1. The van der Waals surface area contributed by atoms with Gasteiger partial charge in [0.2, 0.25) is 0 Å². The summed E-state index contributed by atoms with van der Waals surface area (Å²) >= 11 is 3.45. The Labute approximate surface area is 125 Å².